The van der Waals surface area contributed by atoms with Crippen molar-refractivity contribution in [3.63, 3.8) is 0 Å². The van der Waals surface area contributed by atoms with Gasteiger partial charge in [0.05, 0.1) is 11.3 Å². The van der Waals surface area contributed by atoms with Gasteiger partial charge in [0.2, 0.25) is 0 Å². The van der Waals surface area contributed by atoms with Crippen molar-refractivity contribution in [1.82, 2.24) is 9.97 Å². The van der Waals surface area contributed by atoms with Gasteiger partial charge in [0, 0.05) is 17.2 Å². The van der Waals surface area contributed by atoms with Crippen LogP contribution in [0.2, 0.25) is 0 Å². The minimum atomic E-state index is -0.402. The number of nitrogens with zero attached hydrogens (tertiary/aromatic N) is 1. The van der Waals surface area contributed by atoms with Gasteiger partial charge in [-0.15, -0.1) is 0 Å². The van der Waals surface area contributed by atoms with E-state index in [9.17, 15) is 4.79 Å². The van der Waals surface area contributed by atoms with Crippen molar-refractivity contribution in [3.8, 4) is 0 Å². The van der Waals surface area contributed by atoms with Crippen LogP contribution in [0.4, 0.5) is 0 Å². The topological polar surface area (TPSA) is 55.0 Å². The summed E-state index contributed by atoms with van der Waals surface area (Å²) < 4.78 is 5.80. The average molecular weight is 296 g/mol. The number of nitrogens with one attached hydrogen (secondary N) is 1. The van der Waals surface area contributed by atoms with Gasteiger partial charge in [-0.1, -0.05) is 18.2 Å². The van der Waals surface area contributed by atoms with Crippen molar-refractivity contribution >= 4 is 5.97 Å². The summed E-state index contributed by atoms with van der Waals surface area (Å²) in [7, 11) is 0. The van der Waals surface area contributed by atoms with E-state index in [1.807, 2.05) is 31.2 Å². The van der Waals surface area contributed by atoms with Gasteiger partial charge in [0.1, 0.15) is 11.4 Å². The molecule has 1 spiro atoms. The van der Waals surface area contributed by atoms with E-state index < -0.39 is 5.60 Å². The second-order valence-corrected chi connectivity index (χ2v) is 6.54. The summed E-state index contributed by atoms with van der Waals surface area (Å²) in [5.41, 5.74) is 3.64. The standard InChI is InChI=1S/C18H20N2O2/c1-11-12(2)20-16(19-11)13-7-9-18(10-8-13)15-6-4-3-5-14(15)17(21)22-18/h3-6,13H,7-10H2,1-2H3,(H,19,20). The quantitative estimate of drug-likeness (QED) is 0.815. The number of imidazole rings is 1. The van der Waals surface area contributed by atoms with Crippen molar-refractivity contribution in [2.45, 2.75) is 51.0 Å². The van der Waals surface area contributed by atoms with Crippen molar-refractivity contribution in [1.29, 1.82) is 0 Å². The van der Waals surface area contributed by atoms with Crippen LogP contribution >= 0.6 is 0 Å². The first kappa shape index (κ1) is 13.6. The summed E-state index contributed by atoms with van der Waals surface area (Å²) in [5.74, 6) is 1.35. The summed E-state index contributed by atoms with van der Waals surface area (Å²) >= 11 is 0. The fraction of sp³-hybridized carbons (Fsp3) is 0.444. The van der Waals surface area contributed by atoms with Crippen LogP contribution in [-0.4, -0.2) is 15.9 Å². The molecular formula is C18H20N2O2. The highest BCUT2D eigenvalue weighted by atomic mass is 16.6. The number of H-pyrrole nitrogens is 1. The lowest BCUT2D eigenvalue weighted by Crippen LogP contribution is -2.31. The van der Waals surface area contributed by atoms with Gasteiger partial charge in [-0.25, -0.2) is 9.78 Å². The van der Waals surface area contributed by atoms with Crippen LogP contribution in [0, 0.1) is 13.8 Å². The maximum absolute atomic E-state index is 12.1. The lowest BCUT2D eigenvalue weighted by Gasteiger charge is -2.35. The molecule has 2 heterocycles. The monoisotopic (exact) mass is 296 g/mol. The molecule has 4 heteroatoms. The van der Waals surface area contributed by atoms with Gasteiger partial charge in [0.15, 0.2) is 0 Å². The predicted octanol–water partition coefficient (Wildman–Crippen LogP) is 3.75. The Balaban J connectivity index is 1.59. The highest BCUT2D eigenvalue weighted by Crippen LogP contribution is 2.49. The number of hydrogen-bond acceptors (Lipinski definition) is 3. The van der Waals surface area contributed by atoms with E-state index in [1.54, 1.807) is 0 Å². The fourth-order valence-electron chi connectivity index (χ4n) is 3.84. The Morgan fingerprint density at radius 2 is 1.95 bits per heavy atom. The molecule has 1 aliphatic carbocycles. The SMILES string of the molecule is Cc1nc(C2CCC3(CC2)OC(=O)c2ccccc23)[nH]c1C. The number of rotatable bonds is 1. The molecular weight excluding hydrogens is 276 g/mol. The van der Waals surface area contributed by atoms with Gasteiger partial charge in [-0.3, -0.25) is 0 Å². The van der Waals surface area contributed by atoms with Crippen LogP contribution in [0.3, 0.4) is 0 Å². The zero-order valence-corrected chi connectivity index (χ0v) is 13.0. The number of hydrogen-bond donors (Lipinski definition) is 1. The molecule has 0 atom stereocenters. The third-order valence-corrected chi connectivity index (χ3v) is 5.25. The Bertz CT molecular complexity index is 720. The minimum Gasteiger partial charge on any atom is -0.451 e. The van der Waals surface area contributed by atoms with E-state index in [0.717, 1.165) is 54.0 Å². The number of carbonyl (C=O) groups is 1. The van der Waals surface area contributed by atoms with Crippen LogP contribution in [-0.2, 0) is 10.3 Å². The van der Waals surface area contributed by atoms with Gasteiger partial charge in [0.25, 0.3) is 0 Å². The van der Waals surface area contributed by atoms with Crippen molar-refractivity contribution < 1.29 is 9.53 Å². The van der Waals surface area contributed by atoms with Gasteiger partial charge >= 0.3 is 5.97 Å². The first-order valence-electron chi connectivity index (χ1n) is 7.95. The minimum absolute atomic E-state index is 0.168. The normalized spacial score (nSPS) is 27.0. The van der Waals surface area contributed by atoms with Crippen LogP contribution in [0.1, 0.15) is 64.7 Å². The Hall–Kier alpha value is -2.10. The third kappa shape index (κ3) is 1.90. The molecule has 4 rings (SSSR count). The first-order valence-corrected chi connectivity index (χ1v) is 7.95. The molecule has 0 amide bonds. The first-order chi connectivity index (χ1) is 10.6. The molecule has 0 saturated heterocycles. The summed E-state index contributed by atoms with van der Waals surface area (Å²) in [6.45, 7) is 4.10. The molecule has 0 bridgehead atoms. The summed E-state index contributed by atoms with van der Waals surface area (Å²) in [5, 5.41) is 0. The molecule has 1 saturated carbocycles. The van der Waals surface area contributed by atoms with Crippen LogP contribution < -0.4 is 0 Å². The lowest BCUT2D eigenvalue weighted by atomic mass is 9.75. The molecule has 0 radical (unpaired) electrons. The smallest absolute Gasteiger partial charge is 0.339 e. The second kappa shape index (κ2) is 4.70. The Morgan fingerprint density at radius 3 is 2.64 bits per heavy atom. The molecule has 2 aromatic rings. The number of aryl methyl sites for hydroxylation is 2. The zero-order chi connectivity index (χ0) is 15.3. The number of esters is 1. The second-order valence-electron chi connectivity index (χ2n) is 6.54. The molecule has 1 aromatic carbocycles. The van der Waals surface area contributed by atoms with E-state index in [4.69, 9.17) is 4.74 Å². The molecule has 1 aliphatic heterocycles. The predicted molar refractivity (Wildman–Crippen MR) is 82.8 cm³/mol. The van der Waals surface area contributed by atoms with E-state index in [1.165, 1.54) is 0 Å². The van der Waals surface area contributed by atoms with Gasteiger partial charge < -0.3 is 9.72 Å². The molecule has 0 unspecified atom stereocenters. The van der Waals surface area contributed by atoms with E-state index in [2.05, 4.69) is 16.9 Å². The van der Waals surface area contributed by atoms with Crippen LogP contribution in [0.15, 0.2) is 24.3 Å². The molecule has 22 heavy (non-hydrogen) atoms. The number of fused-ring (bicyclic) bond motifs is 2. The maximum atomic E-state index is 12.1. The zero-order valence-electron chi connectivity index (χ0n) is 13.0. The van der Waals surface area contributed by atoms with Crippen molar-refractivity contribution in [2.75, 3.05) is 0 Å². The molecule has 1 N–H and O–H groups in total. The summed E-state index contributed by atoms with van der Waals surface area (Å²) in [6.07, 6.45) is 3.74. The van der Waals surface area contributed by atoms with Gasteiger partial charge in [-0.2, -0.15) is 0 Å². The average Bonchev–Trinajstić information content (AvgIpc) is 3.00. The lowest BCUT2D eigenvalue weighted by molar-refractivity contribution is -0.0312. The number of ether oxygens (including phenoxy) is 1. The van der Waals surface area contributed by atoms with E-state index in [0.29, 0.717) is 5.92 Å². The van der Waals surface area contributed by atoms with E-state index >= 15 is 0 Å². The Morgan fingerprint density at radius 1 is 1.23 bits per heavy atom. The fourth-order valence-corrected chi connectivity index (χ4v) is 3.84. The van der Waals surface area contributed by atoms with Gasteiger partial charge in [-0.05, 0) is 45.6 Å². The number of aromatic nitrogens is 2. The van der Waals surface area contributed by atoms with E-state index in [-0.39, 0.29) is 5.97 Å². The van der Waals surface area contributed by atoms with Crippen LogP contribution in [0.5, 0.6) is 0 Å². The molecule has 1 aromatic heterocycles. The largest absolute Gasteiger partial charge is 0.451 e. The Labute approximate surface area is 129 Å². The molecule has 1 fully saturated rings. The number of aromatic amines is 1. The number of benzene rings is 1. The highest BCUT2D eigenvalue weighted by molar-refractivity contribution is 5.94. The van der Waals surface area contributed by atoms with Crippen molar-refractivity contribution in [2.24, 2.45) is 0 Å². The number of carbonyl (C=O) groups excluding carboxylic acids is 1. The third-order valence-electron chi connectivity index (χ3n) is 5.25. The maximum Gasteiger partial charge on any atom is 0.339 e. The molecule has 4 nitrogen and oxygen atoms in total. The summed E-state index contributed by atoms with van der Waals surface area (Å²) in [6, 6.07) is 7.81. The van der Waals surface area contributed by atoms with Crippen molar-refractivity contribution in [3.05, 3.63) is 52.6 Å². The molecule has 2 aliphatic rings. The Kier molecular flexibility index (Phi) is 2.90. The molecule has 114 valence electrons. The summed E-state index contributed by atoms with van der Waals surface area (Å²) in [4.78, 5) is 20.1. The van der Waals surface area contributed by atoms with Crippen LogP contribution in [0.25, 0.3) is 0 Å². The highest BCUT2D eigenvalue weighted by Gasteiger charge is 2.47.